The summed E-state index contributed by atoms with van der Waals surface area (Å²) in [5.74, 6) is -0.0459. The van der Waals surface area contributed by atoms with Gasteiger partial charge in [0.05, 0.1) is 17.9 Å². The molecule has 0 fully saturated rings. The molecule has 2 heterocycles. The van der Waals surface area contributed by atoms with E-state index in [1.165, 1.54) is 12.5 Å². The van der Waals surface area contributed by atoms with E-state index in [1.807, 2.05) is 0 Å². The van der Waals surface area contributed by atoms with Crippen molar-refractivity contribution in [1.29, 1.82) is 0 Å². The standard InChI is InChI=1S/C12H12N4O2/c1-2-18-12(17)9-3-8(5-14-6-9)10-4-11(13)16-7-15-10/h3-7H,2H2,1H3,(H2,13,15,16). The number of nitrogens with zero attached hydrogens (tertiary/aromatic N) is 3. The lowest BCUT2D eigenvalue weighted by molar-refractivity contribution is 0.0526. The Labute approximate surface area is 104 Å². The number of nitrogens with two attached hydrogens (primary N) is 1. The summed E-state index contributed by atoms with van der Waals surface area (Å²) in [5, 5.41) is 0. The molecule has 6 heteroatoms. The summed E-state index contributed by atoms with van der Waals surface area (Å²) >= 11 is 0. The predicted octanol–water partition coefficient (Wildman–Crippen LogP) is 1.30. The highest BCUT2D eigenvalue weighted by Gasteiger charge is 2.09. The zero-order chi connectivity index (χ0) is 13.0. The van der Waals surface area contributed by atoms with Crippen molar-refractivity contribution in [2.45, 2.75) is 6.92 Å². The fourth-order valence-corrected chi connectivity index (χ4v) is 1.44. The molecule has 0 aromatic carbocycles. The fourth-order valence-electron chi connectivity index (χ4n) is 1.44. The number of rotatable bonds is 3. The van der Waals surface area contributed by atoms with Gasteiger partial charge < -0.3 is 10.5 Å². The van der Waals surface area contributed by atoms with Crippen LogP contribution in [0, 0.1) is 0 Å². The maximum Gasteiger partial charge on any atom is 0.339 e. The van der Waals surface area contributed by atoms with E-state index in [1.54, 1.807) is 25.3 Å². The van der Waals surface area contributed by atoms with E-state index in [2.05, 4.69) is 15.0 Å². The number of carbonyl (C=O) groups is 1. The maximum absolute atomic E-state index is 11.6. The molecule has 0 bridgehead atoms. The van der Waals surface area contributed by atoms with Crippen LogP contribution in [0.5, 0.6) is 0 Å². The first-order valence-electron chi connectivity index (χ1n) is 5.40. The number of esters is 1. The van der Waals surface area contributed by atoms with Crippen molar-refractivity contribution in [2.75, 3.05) is 12.3 Å². The minimum absolute atomic E-state index is 0.323. The van der Waals surface area contributed by atoms with Crippen LogP contribution in [0.25, 0.3) is 11.3 Å². The van der Waals surface area contributed by atoms with Crippen LogP contribution in [-0.4, -0.2) is 27.5 Å². The van der Waals surface area contributed by atoms with Gasteiger partial charge >= 0.3 is 5.97 Å². The molecule has 0 unspecified atom stereocenters. The Morgan fingerprint density at radius 3 is 2.89 bits per heavy atom. The van der Waals surface area contributed by atoms with Gasteiger partial charge in [-0.05, 0) is 13.0 Å². The summed E-state index contributed by atoms with van der Waals surface area (Å²) in [6, 6.07) is 3.28. The van der Waals surface area contributed by atoms with E-state index in [4.69, 9.17) is 10.5 Å². The van der Waals surface area contributed by atoms with Crippen LogP contribution in [0.4, 0.5) is 5.82 Å². The molecule has 2 aromatic rings. The minimum Gasteiger partial charge on any atom is -0.462 e. The summed E-state index contributed by atoms with van der Waals surface area (Å²) in [6.07, 6.45) is 4.41. The van der Waals surface area contributed by atoms with Gasteiger partial charge in [-0.15, -0.1) is 0 Å². The van der Waals surface area contributed by atoms with Crippen LogP contribution in [0.1, 0.15) is 17.3 Å². The van der Waals surface area contributed by atoms with Crippen molar-refractivity contribution in [2.24, 2.45) is 0 Å². The maximum atomic E-state index is 11.6. The lowest BCUT2D eigenvalue weighted by Gasteiger charge is -2.04. The van der Waals surface area contributed by atoms with Crippen molar-refractivity contribution in [1.82, 2.24) is 15.0 Å². The van der Waals surface area contributed by atoms with E-state index in [0.717, 1.165) is 0 Å². The van der Waals surface area contributed by atoms with Crippen molar-refractivity contribution in [3.8, 4) is 11.3 Å². The molecule has 0 saturated heterocycles. The van der Waals surface area contributed by atoms with E-state index in [-0.39, 0.29) is 0 Å². The molecule has 2 N–H and O–H groups in total. The van der Waals surface area contributed by atoms with Crippen LogP contribution in [0.2, 0.25) is 0 Å². The second-order valence-corrected chi connectivity index (χ2v) is 3.51. The number of ether oxygens (including phenoxy) is 1. The van der Waals surface area contributed by atoms with E-state index >= 15 is 0 Å². The normalized spacial score (nSPS) is 10.1. The first-order valence-corrected chi connectivity index (χ1v) is 5.40. The smallest absolute Gasteiger partial charge is 0.339 e. The van der Waals surface area contributed by atoms with E-state index in [9.17, 15) is 4.79 Å². The van der Waals surface area contributed by atoms with Crippen molar-refractivity contribution in [3.05, 3.63) is 36.4 Å². The molecule has 18 heavy (non-hydrogen) atoms. The average Bonchev–Trinajstić information content (AvgIpc) is 2.39. The molecule has 0 aliphatic carbocycles. The Bertz CT molecular complexity index is 572. The second-order valence-electron chi connectivity index (χ2n) is 3.51. The third-order valence-electron chi connectivity index (χ3n) is 2.23. The molecule has 0 aliphatic heterocycles. The van der Waals surface area contributed by atoms with Crippen molar-refractivity contribution in [3.63, 3.8) is 0 Å². The molecule has 0 aliphatic rings. The highest BCUT2D eigenvalue weighted by Crippen LogP contribution is 2.18. The fraction of sp³-hybridized carbons (Fsp3) is 0.167. The van der Waals surface area contributed by atoms with Gasteiger partial charge in [-0.3, -0.25) is 4.98 Å². The molecule has 0 amide bonds. The molecule has 0 spiro atoms. The summed E-state index contributed by atoms with van der Waals surface area (Å²) in [5.41, 5.74) is 7.26. The largest absolute Gasteiger partial charge is 0.462 e. The predicted molar refractivity (Wildman–Crippen MR) is 65.6 cm³/mol. The molecule has 0 saturated carbocycles. The molecule has 2 rings (SSSR count). The summed E-state index contributed by atoms with van der Waals surface area (Å²) in [7, 11) is 0. The van der Waals surface area contributed by atoms with Gasteiger partial charge in [0.15, 0.2) is 0 Å². The zero-order valence-electron chi connectivity index (χ0n) is 9.83. The van der Waals surface area contributed by atoms with Crippen molar-refractivity contribution >= 4 is 11.8 Å². The Balaban J connectivity index is 2.35. The Kier molecular flexibility index (Phi) is 3.47. The third-order valence-corrected chi connectivity index (χ3v) is 2.23. The number of hydrogen-bond donors (Lipinski definition) is 1. The monoisotopic (exact) mass is 244 g/mol. The van der Waals surface area contributed by atoms with Crippen LogP contribution >= 0.6 is 0 Å². The molecular weight excluding hydrogens is 232 g/mol. The molecular formula is C12H12N4O2. The van der Waals surface area contributed by atoms with E-state index < -0.39 is 5.97 Å². The van der Waals surface area contributed by atoms with Crippen LogP contribution < -0.4 is 5.73 Å². The average molecular weight is 244 g/mol. The molecule has 0 atom stereocenters. The van der Waals surface area contributed by atoms with Gasteiger partial charge in [0.1, 0.15) is 12.1 Å². The summed E-state index contributed by atoms with van der Waals surface area (Å²) < 4.78 is 4.91. The molecule has 0 radical (unpaired) electrons. The summed E-state index contributed by atoms with van der Waals surface area (Å²) in [6.45, 7) is 2.07. The Morgan fingerprint density at radius 2 is 2.17 bits per heavy atom. The molecule has 2 aromatic heterocycles. The molecule has 92 valence electrons. The number of anilines is 1. The number of carbonyl (C=O) groups excluding carboxylic acids is 1. The lowest BCUT2D eigenvalue weighted by Crippen LogP contribution is -2.05. The zero-order valence-corrected chi connectivity index (χ0v) is 9.83. The highest BCUT2D eigenvalue weighted by atomic mass is 16.5. The molecule has 6 nitrogen and oxygen atoms in total. The van der Waals surface area contributed by atoms with Crippen LogP contribution in [0.15, 0.2) is 30.9 Å². The SMILES string of the molecule is CCOC(=O)c1cncc(-c2cc(N)ncn2)c1. The van der Waals surface area contributed by atoms with Gasteiger partial charge in [0.25, 0.3) is 0 Å². The number of aromatic nitrogens is 3. The Morgan fingerprint density at radius 1 is 1.33 bits per heavy atom. The lowest BCUT2D eigenvalue weighted by atomic mass is 10.1. The van der Waals surface area contributed by atoms with Crippen molar-refractivity contribution < 1.29 is 9.53 Å². The van der Waals surface area contributed by atoms with Crippen LogP contribution in [-0.2, 0) is 4.74 Å². The first kappa shape index (κ1) is 12.0. The Hall–Kier alpha value is -2.50. The number of hydrogen-bond acceptors (Lipinski definition) is 6. The number of pyridine rings is 1. The first-order chi connectivity index (χ1) is 8.70. The van der Waals surface area contributed by atoms with Gasteiger partial charge in [-0.1, -0.05) is 0 Å². The van der Waals surface area contributed by atoms with Gasteiger partial charge in [-0.25, -0.2) is 14.8 Å². The van der Waals surface area contributed by atoms with Gasteiger partial charge in [-0.2, -0.15) is 0 Å². The number of nitrogen functional groups attached to an aromatic ring is 1. The summed E-state index contributed by atoms with van der Waals surface area (Å²) in [4.78, 5) is 23.4. The highest BCUT2D eigenvalue weighted by molar-refractivity contribution is 5.90. The topological polar surface area (TPSA) is 91.0 Å². The quantitative estimate of drug-likeness (QED) is 0.818. The van der Waals surface area contributed by atoms with Gasteiger partial charge in [0.2, 0.25) is 0 Å². The second kappa shape index (κ2) is 5.22. The van der Waals surface area contributed by atoms with Crippen LogP contribution in [0.3, 0.4) is 0 Å². The minimum atomic E-state index is -0.408. The third kappa shape index (κ3) is 2.60. The van der Waals surface area contributed by atoms with E-state index in [0.29, 0.717) is 29.2 Å². The van der Waals surface area contributed by atoms with Gasteiger partial charge in [0, 0.05) is 24.0 Å².